The molecule has 0 bridgehead atoms. The number of carbonyl (C=O) groups excluding carboxylic acids is 2. The zero-order valence-electron chi connectivity index (χ0n) is 68.4. The highest BCUT2D eigenvalue weighted by molar-refractivity contribution is 7.92. The van der Waals surface area contributed by atoms with E-state index < -0.39 is 92.6 Å². The van der Waals surface area contributed by atoms with Crippen molar-refractivity contribution in [1.82, 2.24) is 29.8 Å². The van der Waals surface area contributed by atoms with Crippen molar-refractivity contribution in [3.63, 3.8) is 0 Å². The number of halogens is 6. The second-order valence-electron chi connectivity index (χ2n) is 30.0. The normalized spacial score (nSPS) is 20.0. The quantitative estimate of drug-likeness (QED) is 0.0197. The first kappa shape index (κ1) is 94.6. The number of nitrogens with one attached hydrogen (secondary N) is 2. The predicted molar refractivity (Wildman–Crippen MR) is 469 cm³/mol. The average molecular weight is 1830 g/mol. The van der Waals surface area contributed by atoms with E-state index in [1.165, 1.54) is 48.5 Å². The van der Waals surface area contributed by atoms with Crippen molar-refractivity contribution in [2.24, 2.45) is 10.1 Å². The van der Waals surface area contributed by atoms with Gasteiger partial charge in [-0.15, -0.1) is 0 Å². The van der Waals surface area contributed by atoms with Crippen LogP contribution in [-0.2, 0) is 45.5 Å². The van der Waals surface area contributed by atoms with E-state index in [0.29, 0.717) is 89.7 Å². The lowest BCUT2D eigenvalue weighted by Gasteiger charge is -2.48. The van der Waals surface area contributed by atoms with Crippen LogP contribution in [0.3, 0.4) is 0 Å². The number of para-hydroxylation sites is 1. The van der Waals surface area contributed by atoms with Crippen molar-refractivity contribution in [2.45, 2.75) is 117 Å². The monoisotopic (exact) mass is 1830 g/mol. The number of rotatable bonds is 23. The van der Waals surface area contributed by atoms with Crippen molar-refractivity contribution in [1.29, 1.82) is 10.5 Å². The highest BCUT2D eigenvalue weighted by Crippen LogP contribution is 2.39. The molecule has 4 fully saturated rings. The molecule has 28 nitrogen and oxygen atoms in total. The number of guanidine groups is 1. The molecular formula is C89H92Cl4F2N12O16S2. The smallest absolute Gasteiger partial charge is 0.497 e. The second-order valence-corrected chi connectivity index (χ2v) is 35.3. The Morgan fingerprint density at radius 3 is 1.84 bits per heavy atom. The molecule has 1 aromatic heterocycles. The number of carboxylic acids is 1. The molecule has 0 aliphatic carbocycles. The van der Waals surface area contributed by atoms with E-state index in [2.05, 4.69) is 41.8 Å². The summed E-state index contributed by atoms with van der Waals surface area (Å²) in [4.78, 5) is 49.3. The number of carboxylic acid groups (broad SMARTS) is 1. The number of benzene rings is 8. The third kappa shape index (κ3) is 25.0. The number of aromatic nitrogens is 1. The number of anilines is 2. The molecule has 5 aliphatic rings. The highest BCUT2D eigenvalue weighted by atomic mass is 35.5. The number of piperidine rings is 1. The fraction of sp³-hybridized carbons (Fsp3) is 0.326. The average Bonchev–Trinajstić information content (AvgIpc) is 1.42. The van der Waals surface area contributed by atoms with E-state index in [-0.39, 0.29) is 65.3 Å². The summed E-state index contributed by atoms with van der Waals surface area (Å²) in [6.45, 7) is 6.05. The first-order valence-corrected chi connectivity index (χ1v) is 44.4. The molecule has 0 saturated carbocycles. The van der Waals surface area contributed by atoms with Crippen LogP contribution in [0.1, 0.15) is 95.2 Å². The van der Waals surface area contributed by atoms with Crippen molar-refractivity contribution >= 4 is 108 Å². The summed E-state index contributed by atoms with van der Waals surface area (Å²) < 4.78 is 108. The standard InChI is InChI=1S/C23H20Cl2F2N2O2S.C23H20Cl2N4O2S.C23H28O9.C20H24N6O3/c1-32(30,31)29(21-11-19(26)10-20(27)12-21)22-13-28(14-22)23(15-2-6-17(24)7-3-15)16-4-8-18(25)9-5-16;1-26-23(28-32(30,31)20-13-11-19(25)12-14-20)29-15-21(16-5-3-2-4-6-16)22(27-29)17-7-9-18(24)10-8-17;1-3-29-23(27)30-13-18-19(24)20(25)21(26)22(32-18)31-17-7-5-4-6-15(17)12-14-8-10-16(28-2)11-9-14;1-20(24-13-18(27)26-15(11-21)2-3-16(26)12-22)5-8-25(9-6-20)17-10-14(19(28)29)4-7-23-17/h2-12,22-23H,13-14H2,1H3;2-14,21H,15H2,1H3,(H,26,28);4-11,18-22,24-26H,3,12-13H2,1-2H3;4,7,10,15-16,24H,2-3,5-6,8-9,13H2,1H3,(H,28,29)/t;21-;18-,19-,20+,21-,22-;/m.11./s1. The number of aliphatic hydroxyl groups excluding tert-OH is 3. The summed E-state index contributed by atoms with van der Waals surface area (Å²) in [7, 11) is -4.50. The number of aliphatic imine (C=N–C) groups is 1. The van der Waals surface area contributed by atoms with Gasteiger partial charge in [-0.2, -0.15) is 15.6 Å². The number of hydrazone groups is 1. The number of nitriles is 2. The van der Waals surface area contributed by atoms with Crippen LogP contribution in [0.25, 0.3) is 0 Å². The molecule has 0 radical (unpaired) electrons. The number of amides is 1. The summed E-state index contributed by atoms with van der Waals surface area (Å²) in [5, 5.41) is 70.4. The SMILES string of the molecule is CC1(NCC(=O)N2C(C#N)CCC2C#N)CCN(c2cc(C(=O)O)ccn2)CC1.CCOC(=O)OC[C@H]1O[C@@H](Oc2ccccc2Cc2ccc(OC)cc2)[C@H](O)[C@@H](O)[C@@H]1O.CN=C(NS(=O)(=O)c1ccc(Cl)cc1)N1C[C@H](c2ccccc2)C(c2ccc(Cl)cc2)=N1.CS(=O)(=O)N(c1cc(F)cc(F)c1)C1CN(C(c2ccc(Cl)cc2)c2ccc(Cl)cc2)C1. The third-order valence-corrected chi connectivity index (χ3v) is 24.9. The summed E-state index contributed by atoms with van der Waals surface area (Å²) in [5.41, 5.74) is 6.51. The number of hydrogen-bond donors (Lipinski definition) is 6. The molecule has 0 spiro atoms. The van der Waals surface area contributed by atoms with Gasteiger partial charge in [0.25, 0.3) is 10.0 Å². The number of ether oxygens (including phenoxy) is 5. The van der Waals surface area contributed by atoms with Crippen LogP contribution in [0.2, 0.25) is 20.1 Å². The molecule has 36 heteroatoms. The number of hydrogen-bond acceptors (Lipinski definition) is 23. The summed E-state index contributed by atoms with van der Waals surface area (Å²) >= 11 is 24.0. The number of nitrogens with zero attached hydrogens (tertiary/aromatic N) is 10. The fourth-order valence-electron chi connectivity index (χ4n) is 14.8. The Balaban J connectivity index is 0.000000162. The number of likely N-dealkylation sites (tertiary alicyclic amines) is 2. The number of carbonyl (C=O) groups is 3. The topological polar surface area (TPSA) is 372 Å². The minimum absolute atomic E-state index is 0.0239. The molecule has 6 N–H and O–H groups in total. The van der Waals surface area contributed by atoms with Crippen molar-refractivity contribution in [3.8, 4) is 23.6 Å². The molecule has 125 heavy (non-hydrogen) atoms. The molecule has 8 aromatic carbocycles. The van der Waals surface area contributed by atoms with Crippen LogP contribution in [0.15, 0.2) is 227 Å². The minimum Gasteiger partial charge on any atom is -0.497 e. The Morgan fingerprint density at radius 2 is 1.29 bits per heavy atom. The van der Waals surface area contributed by atoms with Crippen LogP contribution in [0.5, 0.6) is 11.5 Å². The third-order valence-electron chi connectivity index (χ3n) is 21.4. The molecule has 658 valence electrons. The number of methoxy groups -OCH3 is 1. The highest BCUT2D eigenvalue weighted by Gasteiger charge is 2.47. The summed E-state index contributed by atoms with van der Waals surface area (Å²) in [6, 6.07) is 61.4. The largest absolute Gasteiger partial charge is 0.508 e. The number of sulfonamides is 2. The van der Waals surface area contributed by atoms with Crippen LogP contribution in [0.4, 0.5) is 25.1 Å². The van der Waals surface area contributed by atoms with Gasteiger partial charge in [0, 0.05) is 83.5 Å². The van der Waals surface area contributed by atoms with E-state index in [9.17, 15) is 65.8 Å². The predicted octanol–water partition coefficient (Wildman–Crippen LogP) is 13.1. The Kier molecular flexibility index (Phi) is 32.7. The Bertz CT molecular complexity index is 5500. The maximum Gasteiger partial charge on any atom is 0.508 e. The van der Waals surface area contributed by atoms with Gasteiger partial charge in [-0.25, -0.2) is 49.9 Å². The van der Waals surface area contributed by atoms with E-state index in [1.54, 1.807) is 61.5 Å². The van der Waals surface area contributed by atoms with Gasteiger partial charge in [0.1, 0.15) is 72.1 Å². The summed E-state index contributed by atoms with van der Waals surface area (Å²) in [5.74, 6) is -0.978. The van der Waals surface area contributed by atoms with Crippen LogP contribution in [0, 0.1) is 34.3 Å². The molecule has 6 heterocycles. The Labute approximate surface area is 743 Å². The van der Waals surface area contributed by atoms with E-state index in [4.69, 9.17) is 75.6 Å². The van der Waals surface area contributed by atoms with Gasteiger partial charge in [-0.1, -0.05) is 143 Å². The fourth-order valence-corrected chi connectivity index (χ4v) is 17.5. The van der Waals surface area contributed by atoms with Gasteiger partial charge in [0.15, 0.2) is 0 Å². The van der Waals surface area contributed by atoms with Gasteiger partial charge in [-0.3, -0.25) is 19.0 Å². The second kappa shape index (κ2) is 43.2. The van der Waals surface area contributed by atoms with Crippen LogP contribution < -0.4 is 28.7 Å². The van der Waals surface area contributed by atoms with Crippen LogP contribution in [-0.4, -0.2) is 214 Å². The van der Waals surface area contributed by atoms with E-state index >= 15 is 0 Å². The summed E-state index contributed by atoms with van der Waals surface area (Å²) in [6.07, 6.45) is -2.22. The van der Waals surface area contributed by atoms with Crippen molar-refractivity contribution in [2.75, 3.05) is 82.1 Å². The molecule has 4 saturated heterocycles. The molecule has 8 atom stereocenters. The first-order chi connectivity index (χ1) is 59.8. The Hall–Kier alpha value is -11.1. The van der Waals surface area contributed by atoms with Crippen molar-refractivity contribution < 1.29 is 84.1 Å². The van der Waals surface area contributed by atoms with Gasteiger partial charge >= 0.3 is 12.1 Å². The zero-order chi connectivity index (χ0) is 89.9. The lowest BCUT2D eigenvalue weighted by Crippen LogP contribution is -2.61. The maximum atomic E-state index is 13.8. The number of aromatic carboxylic acids is 1. The van der Waals surface area contributed by atoms with Gasteiger partial charge in [0.05, 0.1) is 79.1 Å². The van der Waals surface area contributed by atoms with Gasteiger partial charge in [-0.05, 0) is 176 Å². The van der Waals surface area contributed by atoms with Gasteiger partial charge in [0.2, 0.25) is 28.2 Å². The molecule has 14 rings (SSSR count). The van der Waals surface area contributed by atoms with Crippen molar-refractivity contribution in [3.05, 3.63) is 283 Å². The molecule has 2 unspecified atom stereocenters. The number of pyridine rings is 1. The van der Waals surface area contributed by atoms with Crippen LogP contribution >= 0.6 is 46.4 Å². The van der Waals surface area contributed by atoms with E-state index in [0.717, 1.165) is 80.4 Å². The Morgan fingerprint density at radius 1 is 0.720 bits per heavy atom. The number of aliphatic hydroxyl groups is 3. The van der Waals surface area contributed by atoms with E-state index in [1.807, 2.05) is 127 Å². The molecule has 1 amide bonds. The molecule has 5 aliphatic heterocycles. The minimum atomic E-state index is -3.86. The van der Waals surface area contributed by atoms with Gasteiger partial charge < -0.3 is 59.2 Å². The first-order valence-electron chi connectivity index (χ1n) is 39.6. The maximum absolute atomic E-state index is 13.8. The lowest BCUT2D eigenvalue weighted by atomic mass is 9.89. The zero-order valence-corrected chi connectivity index (χ0v) is 73.1. The lowest BCUT2D eigenvalue weighted by molar-refractivity contribution is -0.278. The molecule has 9 aromatic rings. The molecular weight excluding hydrogens is 1740 g/mol.